The molecule has 4 aromatic carbocycles. The number of hydrogen-bond donors (Lipinski definition) is 6. The summed E-state index contributed by atoms with van der Waals surface area (Å²) in [5.74, 6) is 2.59. The van der Waals surface area contributed by atoms with E-state index in [1.165, 1.54) is 116 Å². The molecule has 0 aliphatic carbocycles. The van der Waals surface area contributed by atoms with Gasteiger partial charge in [-0.15, -0.1) is 0 Å². The van der Waals surface area contributed by atoms with E-state index in [0.29, 0.717) is 73.0 Å². The molecule has 4 rings (SSSR count). The van der Waals surface area contributed by atoms with Crippen LogP contribution < -0.4 is 28.4 Å². The first-order valence-electron chi connectivity index (χ1n) is 37.4. The fourth-order valence-electron chi connectivity index (χ4n) is 12.3. The van der Waals surface area contributed by atoms with Crippen LogP contribution in [0.5, 0.6) is 34.5 Å². The average Bonchev–Trinajstić information content (AvgIpc) is 0.736. The van der Waals surface area contributed by atoms with Gasteiger partial charge in [0, 0.05) is 0 Å². The van der Waals surface area contributed by atoms with Gasteiger partial charge < -0.3 is 59.1 Å². The van der Waals surface area contributed by atoms with E-state index in [4.69, 9.17) is 28.4 Å². The fourth-order valence-corrected chi connectivity index (χ4v) is 12.3. The molecule has 4 aromatic rings. The second kappa shape index (κ2) is 49.8. The SMILES string of the molecule is CCCCCCCCC(O)COc1cc2c3cc(OCC(O)CCCCCCCC)c(OCC(O)CCCCCCCC)cc3c3cc(OCC(O)CCCCCCCC)c(OCC(O)CCCCCCCC)cc3c2cc1OCC(O)CCCCCCCC. The number of benzene rings is 4. The lowest BCUT2D eigenvalue weighted by Gasteiger charge is -2.22. The van der Waals surface area contributed by atoms with Crippen molar-refractivity contribution in [3.05, 3.63) is 36.4 Å². The smallest absolute Gasteiger partial charge is 0.161 e. The highest BCUT2D eigenvalue weighted by Gasteiger charge is 2.24. The summed E-state index contributed by atoms with van der Waals surface area (Å²) in [5.41, 5.74) is 0. The Hall–Kier alpha value is -3.78. The molecule has 0 spiro atoms. The Labute approximate surface area is 547 Å². The van der Waals surface area contributed by atoms with Crippen molar-refractivity contribution < 1.29 is 59.1 Å². The van der Waals surface area contributed by atoms with Gasteiger partial charge in [-0.05, 0) is 107 Å². The standard InChI is InChI=1S/C78H132O12/c1-7-13-19-25-31-37-43-61(79)55-85-73-49-67-68(50-74(73)86-56-62(80)44-38-32-26-20-14-8-2)70-52-76(88-58-64(82)46-40-34-28-22-16-10-4)78(90-60-66(84)48-42-36-30-24-18-12-6)54-72(70)71-53-77(89-59-65(83)47-41-35-29-23-17-11-5)75(51-69(67)71)87-57-63(81)45-39-33-27-21-15-9-3/h49-54,61-66,79-84H,7-48,55-60H2,1-6H3. The summed E-state index contributed by atoms with van der Waals surface area (Å²) in [6.45, 7) is 13.6. The predicted octanol–water partition coefficient (Wildman–Crippen LogP) is 20.1. The van der Waals surface area contributed by atoms with E-state index in [1.807, 2.05) is 36.4 Å². The summed E-state index contributed by atoms with van der Waals surface area (Å²) in [6.07, 6.45) is 39.6. The van der Waals surface area contributed by atoms with Crippen LogP contribution in [-0.2, 0) is 0 Å². The fraction of sp³-hybridized carbons (Fsp3) is 0.769. The molecule has 0 aromatic heterocycles. The van der Waals surface area contributed by atoms with Gasteiger partial charge >= 0.3 is 0 Å². The average molecular weight is 1260 g/mol. The molecule has 0 saturated carbocycles. The van der Waals surface area contributed by atoms with Crippen molar-refractivity contribution >= 4 is 32.3 Å². The molecule has 6 unspecified atom stereocenters. The number of rotatable bonds is 60. The number of aliphatic hydroxyl groups excluding tert-OH is 6. The molecule has 0 heterocycles. The Bertz CT molecular complexity index is 1960. The number of aliphatic hydroxyl groups is 6. The van der Waals surface area contributed by atoms with Gasteiger partial charge in [0.05, 0.1) is 36.6 Å². The molecular formula is C78H132O12. The minimum Gasteiger partial charge on any atom is -0.487 e. The zero-order chi connectivity index (χ0) is 64.8. The van der Waals surface area contributed by atoms with Crippen molar-refractivity contribution in [3.8, 4) is 34.5 Å². The summed E-state index contributed by atoms with van der Waals surface area (Å²) in [5, 5.41) is 73.4. The molecule has 0 radical (unpaired) electrons. The van der Waals surface area contributed by atoms with E-state index in [-0.39, 0.29) is 39.6 Å². The van der Waals surface area contributed by atoms with E-state index in [0.717, 1.165) is 148 Å². The van der Waals surface area contributed by atoms with Crippen LogP contribution in [0.25, 0.3) is 32.3 Å². The molecule has 0 fully saturated rings. The van der Waals surface area contributed by atoms with Crippen molar-refractivity contribution in [1.29, 1.82) is 0 Å². The topological polar surface area (TPSA) is 177 Å². The van der Waals surface area contributed by atoms with Crippen LogP contribution in [0.1, 0.15) is 311 Å². The third-order valence-corrected chi connectivity index (χ3v) is 18.1. The van der Waals surface area contributed by atoms with Gasteiger partial charge in [0.1, 0.15) is 39.6 Å². The molecule has 12 nitrogen and oxygen atoms in total. The zero-order valence-electron chi connectivity index (χ0n) is 58.0. The third kappa shape index (κ3) is 32.4. The highest BCUT2D eigenvalue weighted by Crippen LogP contribution is 2.47. The summed E-state index contributed by atoms with van der Waals surface area (Å²) >= 11 is 0. The zero-order valence-corrected chi connectivity index (χ0v) is 58.0. The first-order valence-corrected chi connectivity index (χ1v) is 37.4. The molecule has 0 bridgehead atoms. The van der Waals surface area contributed by atoms with Gasteiger partial charge in [0.15, 0.2) is 34.5 Å². The molecule has 12 heteroatoms. The van der Waals surface area contributed by atoms with Crippen LogP contribution in [0.3, 0.4) is 0 Å². The third-order valence-electron chi connectivity index (χ3n) is 18.1. The van der Waals surface area contributed by atoms with Crippen molar-refractivity contribution in [2.75, 3.05) is 39.6 Å². The van der Waals surface area contributed by atoms with Crippen LogP contribution in [0, 0.1) is 0 Å². The molecule has 0 amide bonds. The Morgan fingerprint density at radius 1 is 0.200 bits per heavy atom. The highest BCUT2D eigenvalue weighted by molar-refractivity contribution is 6.26. The van der Waals surface area contributed by atoms with Crippen LogP contribution in [0.4, 0.5) is 0 Å². The van der Waals surface area contributed by atoms with Crippen molar-refractivity contribution in [1.82, 2.24) is 0 Å². The molecule has 516 valence electrons. The maximum atomic E-state index is 11.4. The van der Waals surface area contributed by atoms with Gasteiger partial charge in [0.2, 0.25) is 0 Å². The molecule has 6 atom stereocenters. The maximum absolute atomic E-state index is 11.4. The van der Waals surface area contributed by atoms with E-state index < -0.39 is 36.6 Å². The van der Waals surface area contributed by atoms with Crippen LogP contribution in [0.2, 0.25) is 0 Å². The number of hydrogen-bond acceptors (Lipinski definition) is 12. The van der Waals surface area contributed by atoms with E-state index in [2.05, 4.69) is 41.5 Å². The van der Waals surface area contributed by atoms with Gasteiger partial charge in [-0.2, -0.15) is 0 Å². The molecule has 90 heavy (non-hydrogen) atoms. The lowest BCUT2D eigenvalue weighted by atomic mass is 9.93. The van der Waals surface area contributed by atoms with E-state index in [1.54, 1.807) is 0 Å². The van der Waals surface area contributed by atoms with Gasteiger partial charge in [-0.25, -0.2) is 0 Å². The van der Waals surface area contributed by atoms with E-state index >= 15 is 0 Å². The van der Waals surface area contributed by atoms with Gasteiger partial charge in [-0.1, -0.05) is 273 Å². The largest absolute Gasteiger partial charge is 0.487 e. The number of ether oxygens (including phenoxy) is 6. The van der Waals surface area contributed by atoms with E-state index in [9.17, 15) is 30.6 Å². The molecular weight excluding hydrogens is 1130 g/mol. The lowest BCUT2D eigenvalue weighted by molar-refractivity contribution is 0.0843. The van der Waals surface area contributed by atoms with Crippen LogP contribution >= 0.6 is 0 Å². The molecule has 0 saturated heterocycles. The molecule has 0 aliphatic heterocycles. The van der Waals surface area contributed by atoms with Crippen LogP contribution in [-0.4, -0.2) is 107 Å². The number of fused-ring (bicyclic) bond motifs is 6. The monoisotopic (exact) mass is 1260 g/mol. The number of unbranched alkanes of at least 4 members (excludes halogenated alkanes) is 30. The molecule has 6 N–H and O–H groups in total. The van der Waals surface area contributed by atoms with Crippen LogP contribution in [0.15, 0.2) is 36.4 Å². The van der Waals surface area contributed by atoms with Gasteiger partial charge in [0.25, 0.3) is 0 Å². The minimum atomic E-state index is -0.705. The first-order chi connectivity index (χ1) is 44.0. The summed E-state index contributed by atoms with van der Waals surface area (Å²) in [7, 11) is 0. The first kappa shape index (κ1) is 78.7. The second-order valence-corrected chi connectivity index (χ2v) is 26.7. The second-order valence-electron chi connectivity index (χ2n) is 26.7. The summed E-state index contributed by atoms with van der Waals surface area (Å²) in [4.78, 5) is 0. The Kier molecular flexibility index (Phi) is 43.5. The predicted molar refractivity (Wildman–Crippen MR) is 376 cm³/mol. The quantitative estimate of drug-likeness (QED) is 0.0182. The summed E-state index contributed by atoms with van der Waals surface area (Å²) < 4.78 is 40.0. The van der Waals surface area contributed by atoms with Gasteiger partial charge in [-0.3, -0.25) is 0 Å². The maximum Gasteiger partial charge on any atom is 0.161 e. The normalized spacial score (nSPS) is 13.9. The van der Waals surface area contributed by atoms with Crippen molar-refractivity contribution in [2.24, 2.45) is 0 Å². The summed E-state index contributed by atoms with van der Waals surface area (Å²) in [6, 6.07) is 11.8. The molecule has 0 aliphatic rings. The van der Waals surface area contributed by atoms with Crippen molar-refractivity contribution in [2.45, 2.75) is 348 Å². The Balaban J connectivity index is 1.95. The minimum absolute atomic E-state index is 0.0526. The Morgan fingerprint density at radius 2 is 0.322 bits per heavy atom. The highest BCUT2D eigenvalue weighted by atomic mass is 16.5. The lowest BCUT2D eigenvalue weighted by Crippen LogP contribution is -2.20. The Morgan fingerprint density at radius 3 is 0.456 bits per heavy atom. The van der Waals surface area contributed by atoms with Crippen molar-refractivity contribution in [3.63, 3.8) is 0 Å².